The maximum absolute atomic E-state index is 11.9. The first-order chi connectivity index (χ1) is 9.08. The minimum absolute atomic E-state index is 0.0238. The van der Waals surface area contributed by atoms with Crippen LogP contribution in [-0.4, -0.2) is 41.5 Å². The van der Waals surface area contributed by atoms with Gasteiger partial charge in [0.2, 0.25) is 5.91 Å². The SMILES string of the molecule is COC(=O)Cn1cc(NC(=O)C2COC(C)C2)cn1. The molecule has 1 fully saturated rings. The Labute approximate surface area is 110 Å². The van der Waals surface area contributed by atoms with Gasteiger partial charge in [-0.3, -0.25) is 14.3 Å². The fraction of sp³-hybridized carbons (Fsp3) is 0.583. The highest BCUT2D eigenvalue weighted by Crippen LogP contribution is 2.20. The third-order valence-electron chi connectivity index (χ3n) is 2.99. The van der Waals surface area contributed by atoms with Crippen molar-refractivity contribution in [2.24, 2.45) is 5.92 Å². The maximum atomic E-state index is 11.9. The van der Waals surface area contributed by atoms with Crippen molar-refractivity contribution < 1.29 is 19.1 Å². The maximum Gasteiger partial charge on any atom is 0.327 e. The number of hydrogen-bond acceptors (Lipinski definition) is 5. The van der Waals surface area contributed by atoms with Crippen LogP contribution in [0.1, 0.15) is 13.3 Å². The van der Waals surface area contributed by atoms with Crippen molar-refractivity contribution in [3.05, 3.63) is 12.4 Å². The lowest BCUT2D eigenvalue weighted by Crippen LogP contribution is -2.22. The number of nitrogens with zero attached hydrogens (tertiary/aromatic N) is 2. The number of hydrogen-bond donors (Lipinski definition) is 1. The molecule has 1 aliphatic rings. The van der Waals surface area contributed by atoms with E-state index in [0.29, 0.717) is 12.3 Å². The van der Waals surface area contributed by atoms with E-state index >= 15 is 0 Å². The van der Waals surface area contributed by atoms with Crippen molar-refractivity contribution in [2.75, 3.05) is 19.0 Å². The number of ether oxygens (including phenoxy) is 2. The molecule has 1 aromatic heterocycles. The molecule has 0 radical (unpaired) electrons. The summed E-state index contributed by atoms with van der Waals surface area (Å²) in [6.45, 7) is 2.42. The van der Waals surface area contributed by atoms with Crippen LogP contribution in [0.25, 0.3) is 0 Å². The zero-order chi connectivity index (χ0) is 13.8. The molecule has 1 N–H and O–H groups in total. The van der Waals surface area contributed by atoms with Gasteiger partial charge in [-0.15, -0.1) is 0 Å². The molecule has 7 heteroatoms. The third-order valence-corrected chi connectivity index (χ3v) is 2.99. The van der Waals surface area contributed by atoms with Crippen LogP contribution < -0.4 is 5.32 Å². The summed E-state index contributed by atoms with van der Waals surface area (Å²) in [4.78, 5) is 23.0. The second-order valence-corrected chi connectivity index (χ2v) is 4.57. The van der Waals surface area contributed by atoms with Crippen LogP contribution in [0.15, 0.2) is 12.4 Å². The second-order valence-electron chi connectivity index (χ2n) is 4.57. The molecule has 0 spiro atoms. The van der Waals surface area contributed by atoms with Crippen LogP contribution in [0, 0.1) is 5.92 Å². The molecule has 0 aliphatic carbocycles. The van der Waals surface area contributed by atoms with Crippen LogP contribution in [0.3, 0.4) is 0 Å². The van der Waals surface area contributed by atoms with Crippen molar-refractivity contribution >= 4 is 17.6 Å². The van der Waals surface area contributed by atoms with Gasteiger partial charge in [-0.25, -0.2) is 0 Å². The van der Waals surface area contributed by atoms with Crippen molar-refractivity contribution in [2.45, 2.75) is 26.0 Å². The monoisotopic (exact) mass is 267 g/mol. The van der Waals surface area contributed by atoms with Gasteiger partial charge in [-0.2, -0.15) is 5.10 Å². The number of esters is 1. The van der Waals surface area contributed by atoms with Gasteiger partial charge in [0, 0.05) is 6.20 Å². The number of amides is 1. The Kier molecular flexibility index (Phi) is 4.16. The summed E-state index contributed by atoms with van der Waals surface area (Å²) >= 11 is 0. The molecule has 1 saturated heterocycles. The van der Waals surface area contributed by atoms with Crippen molar-refractivity contribution in [1.29, 1.82) is 0 Å². The van der Waals surface area contributed by atoms with E-state index < -0.39 is 0 Å². The van der Waals surface area contributed by atoms with Crippen LogP contribution in [0.4, 0.5) is 5.69 Å². The average molecular weight is 267 g/mol. The number of carbonyl (C=O) groups excluding carboxylic acids is 2. The van der Waals surface area contributed by atoms with E-state index in [1.165, 1.54) is 18.0 Å². The van der Waals surface area contributed by atoms with Crippen LogP contribution >= 0.6 is 0 Å². The lowest BCUT2D eigenvalue weighted by molar-refractivity contribution is -0.141. The van der Waals surface area contributed by atoms with E-state index in [4.69, 9.17) is 4.74 Å². The van der Waals surface area contributed by atoms with E-state index in [2.05, 4.69) is 15.2 Å². The van der Waals surface area contributed by atoms with Gasteiger partial charge in [0.1, 0.15) is 6.54 Å². The van der Waals surface area contributed by atoms with E-state index in [-0.39, 0.29) is 30.4 Å². The first-order valence-electron chi connectivity index (χ1n) is 6.10. The molecule has 2 heterocycles. The number of aromatic nitrogens is 2. The molecule has 1 aliphatic heterocycles. The number of carbonyl (C=O) groups is 2. The third kappa shape index (κ3) is 3.54. The fourth-order valence-electron chi connectivity index (χ4n) is 1.96. The van der Waals surface area contributed by atoms with E-state index in [1.807, 2.05) is 6.92 Å². The molecule has 0 aromatic carbocycles. The van der Waals surface area contributed by atoms with Gasteiger partial charge in [-0.05, 0) is 13.3 Å². The molecule has 1 aromatic rings. The highest BCUT2D eigenvalue weighted by Gasteiger charge is 2.28. The summed E-state index contributed by atoms with van der Waals surface area (Å²) in [5, 5.41) is 6.73. The van der Waals surface area contributed by atoms with Gasteiger partial charge in [0.05, 0.1) is 37.6 Å². The van der Waals surface area contributed by atoms with Gasteiger partial charge >= 0.3 is 5.97 Å². The normalized spacial score (nSPS) is 22.2. The van der Waals surface area contributed by atoms with Crippen molar-refractivity contribution in [3.63, 3.8) is 0 Å². The van der Waals surface area contributed by atoms with E-state index in [1.54, 1.807) is 6.20 Å². The molecule has 2 unspecified atom stereocenters. The predicted molar refractivity (Wildman–Crippen MR) is 66.4 cm³/mol. The summed E-state index contributed by atoms with van der Waals surface area (Å²) in [7, 11) is 1.32. The van der Waals surface area contributed by atoms with E-state index in [9.17, 15) is 9.59 Å². The lowest BCUT2D eigenvalue weighted by Gasteiger charge is -2.07. The highest BCUT2D eigenvalue weighted by atomic mass is 16.5. The summed E-state index contributed by atoms with van der Waals surface area (Å²) in [6, 6.07) is 0. The molecule has 0 saturated carbocycles. The predicted octanol–water partition coefficient (Wildman–Crippen LogP) is 0.420. The quantitative estimate of drug-likeness (QED) is 0.799. The summed E-state index contributed by atoms with van der Waals surface area (Å²) in [5.74, 6) is -0.597. The molecule has 0 bridgehead atoms. The number of methoxy groups -OCH3 is 1. The zero-order valence-electron chi connectivity index (χ0n) is 11.0. The summed E-state index contributed by atoms with van der Waals surface area (Å²) < 4.78 is 11.3. The van der Waals surface area contributed by atoms with Gasteiger partial charge in [0.25, 0.3) is 0 Å². The Morgan fingerprint density at radius 3 is 3.05 bits per heavy atom. The molecule has 104 valence electrons. The Morgan fingerprint density at radius 1 is 1.63 bits per heavy atom. The van der Waals surface area contributed by atoms with Gasteiger partial charge in [-0.1, -0.05) is 0 Å². The molecule has 2 atom stereocenters. The van der Waals surface area contributed by atoms with Crippen LogP contribution in [0.5, 0.6) is 0 Å². The number of rotatable bonds is 4. The van der Waals surface area contributed by atoms with Crippen LogP contribution in [0.2, 0.25) is 0 Å². The average Bonchev–Trinajstić information content (AvgIpc) is 2.98. The van der Waals surface area contributed by atoms with Crippen molar-refractivity contribution in [1.82, 2.24) is 9.78 Å². The van der Waals surface area contributed by atoms with Gasteiger partial charge < -0.3 is 14.8 Å². The Hall–Kier alpha value is -1.89. The standard InChI is InChI=1S/C12H17N3O4/c1-8-3-9(7-19-8)12(17)14-10-4-13-15(5-10)6-11(16)18-2/h4-5,8-9H,3,6-7H2,1-2H3,(H,14,17). The van der Waals surface area contributed by atoms with Gasteiger partial charge in [0.15, 0.2) is 0 Å². The summed E-state index contributed by atoms with van der Waals surface area (Å²) in [5.41, 5.74) is 0.563. The number of nitrogens with one attached hydrogen (secondary N) is 1. The molecule has 19 heavy (non-hydrogen) atoms. The molecule has 1 amide bonds. The molecular weight excluding hydrogens is 250 g/mol. The lowest BCUT2D eigenvalue weighted by atomic mass is 10.1. The van der Waals surface area contributed by atoms with Crippen molar-refractivity contribution in [3.8, 4) is 0 Å². The van der Waals surface area contributed by atoms with Crippen LogP contribution in [-0.2, 0) is 25.6 Å². The Morgan fingerprint density at radius 2 is 2.42 bits per heavy atom. The Balaban J connectivity index is 1.89. The molecular formula is C12H17N3O4. The smallest absolute Gasteiger partial charge is 0.327 e. The summed E-state index contributed by atoms with van der Waals surface area (Å²) in [6.07, 6.45) is 3.94. The topological polar surface area (TPSA) is 82.5 Å². The molecule has 7 nitrogen and oxygen atoms in total. The first kappa shape index (κ1) is 13.5. The Bertz CT molecular complexity index is 471. The minimum atomic E-state index is -0.390. The minimum Gasteiger partial charge on any atom is -0.468 e. The fourth-order valence-corrected chi connectivity index (χ4v) is 1.96. The highest BCUT2D eigenvalue weighted by molar-refractivity contribution is 5.92. The number of anilines is 1. The van der Waals surface area contributed by atoms with E-state index in [0.717, 1.165) is 6.42 Å². The molecule has 2 rings (SSSR count). The largest absolute Gasteiger partial charge is 0.468 e. The first-order valence-corrected chi connectivity index (χ1v) is 6.10. The zero-order valence-corrected chi connectivity index (χ0v) is 11.0. The second kappa shape index (κ2) is 5.83.